The van der Waals surface area contributed by atoms with E-state index < -0.39 is 5.97 Å². The molecular weight excluding hydrogens is 224 g/mol. The topological polar surface area (TPSA) is 37.3 Å². The molecule has 4 fully saturated rings. The Kier molecular flexibility index (Phi) is 2.37. The molecule has 2 heteroatoms. The van der Waals surface area contributed by atoms with Gasteiger partial charge in [-0.3, -0.25) is 0 Å². The lowest BCUT2D eigenvalue weighted by Gasteiger charge is -2.65. The van der Waals surface area contributed by atoms with Crippen molar-refractivity contribution >= 4 is 5.97 Å². The highest BCUT2D eigenvalue weighted by Crippen LogP contribution is 2.70. The average Bonchev–Trinajstić information content (AvgIpc) is 2.09. The average molecular weight is 246 g/mol. The summed E-state index contributed by atoms with van der Waals surface area (Å²) in [5.41, 5.74) is 1.32. The van der Waals surface area contributed by atoms with Crippen LogP contribution in [0, 0.1) is 34.0 Å². The molecule has 4 aliphatic rings. The molecule has 2 unspecified atom stereocenters. The summed E-state index contributed by atoms with van der Waals surface area (Å²) >= 11 is 0. The van der Waals surface area contributed by atoms with Gasteiger partial charge >= 0.3 is 5.97 Å². The first-order chi connectivity index (χ1) is 8.32. The van der Waals surface area contributed by atoms with E-state index in [-0.39, 0.29) is 0 Å². The van der Waals surface area contributed by atoms with E-state index in [4.69, 9.17) is 5.11 Å². The molecular formula is C16H22O2. The Bertz CT molecular complexity index is 435. The number of carboxylic acids is 1. The van der Waals surface area contributed by atoms with Crippen LogP contribution in [0.3, 0.4) is 0 Å². The third-order valence-electron chi connectivity index (χ3n) is 5.40. The molecule has 4 aliphatic carbocycles. The van der Waals surface area contributed by atoms with Crippen LogP contribution in [-0.2, 0) is 4.79 Å². The van der Waals surface area contributed by atoms with Gasteiger partial charge in [0.2, 0.25) is 0 Å². The highest BCUT2D eigenvalue weighted by molar-refractivity contribution is 5.86. The monoisotopic (exact) mass is 246 g/mol. The highest BCUT2D eigenvalue weighted by Gasteiger charge is 2.59. The van der Waals surface area contributed by atoms with Gasteiger partial charge in [0, 0.05) is 12.3 Å². The van der Waals surface area contributed by atoms with Crippen LogP contribution in [0.2, 0.25) is 0 Å². The largest absolute Gasteiger partial charge is 0.472 e. The van der Waals surface area contributed by atoms with Gasteiger partial charge in [-0.05, 0) is 60.7 Å². The van der Waals surface area contributed by atoms with Crippen molar-refractivity contribution in [2.24, 2.45) is 22.2 Å². The minimum Gasteiger partial charge on any atom is -0.472 e. The quantitative estimate of drug-likeness (QED) is 0.719. The van der Waals surface area contributed by atoms with Gasteiger partial charge in [0.15, 0.2) is 0 Å². The zero-order valence-electron chi connectivity index (χ0n) is 11.4. The second-order valence-electron chi connectivity index (χ2n) is 7.91. The summed E-state index contributed by atoms with van der Waals surface area (Å²) in [5.74, 6) is 5.11. The van der Waals surface area contributed by atoms with E-state index in [2.05, 4.69) is 25.7 Å². The Morgan fingerprint density at radius 1 is 1.17 bits per heavy atom. The molecule has 4 saturated carbocycles. The minimum absolute atomic E-state index is 0.325. The Balaban J connectivity index is 1.85. The molecule has 4 rings (SSSR count). The fraction of sp³-hybridized carbons (Fsp3) is 0.812. The Labute approximate surface area is 109 Å². The van der Waals surface area contributed by atoms with Crippen molar-refractivity contribution in [1.82, 2.24) is 0 Å². The van der Waals surface area contributed by atoms with Crippen molar-refractivity contribution in [3.05, 3.63) is 0 Å². The van der Waals surface area contributed by atoms with Crippen molar-refractivity contribution in [3.63, 3.8) is 0 Å². The fourth-order valence-corrected chi connectivity index (χ4v) is 6.19. The molecule has 0 spiro atoms. The van der Waals surface area contributed by atoms with Crippen LogP contribution in [0.15, 0.2) is 0 Å². The normalized spacial score (nSPS) is 48.7. The first-order valence-corrected chi connectivity index (χ1v) is 7.04. The minimum atomic E-state index is -0.989. The van der Waals surface area contributed by atoms with Gasteiger partial charge in [0.25, 0.3) is 0 Å². The highest BCUT2D eigenvalue weighted by atomic mass is 16.4. The second kappa shape index (κ2) is 3.53. The maximum Gasteiger partial charge on any atom is 0.381 e. The zero-order valence-corrected chi connectivity index (χ0v) is 11.4. The molecule has 4 bridgehead atoms. The molecule has 0 aromatic heterocycles. The van der Waals surface area contributed by atoms with Gasteiger partial charge in [-0.1, -0.05) is 19.8 Å². The molecule has 2 atom stereocenters. The van der Waals surface area contributed by atoms with Crippen LogP contribution in [-0.4, -0.2) is 11.1 Å². The van der Waals surface area contributed by atoms with Gasteiger partial charge in [-0.25, -0.2) is 4.79 Å². The van der Waals surface area contributed by atoms with E-state index in [9.17, 15) is 4.79 Å². The third-order valence-corrected chi connectivity index (χ3v) is 5.40. The molecule has 0 heterocycles. The SMILES string of the molecule is CC12CC3CC(C)(C1)CC(CC#CC(=O)O)(C3)C2. The lowest BCUT2D eigenvalue weighted by Crippen LogP contribution is -2.54. The zero-order chi connectivity index (χ0) is 13.0. The van der Waals surface area contributed by atoms with Crippen molar-refractivity contribution in [3.8, 4) is 11.8 Å². The number of carboxylic acid groups (broad SMARTS) is 1. The lowest BCUT2D eigenvalue weighted by atomic mass is 9.40. The predicted octanol–water partition coefficient (Wildman–Crippen LogP) is 3.46. The van der Waals surface area contributed by atoms with E-state index in [0.717, 1.165) is 12.3 Å². The maximum atomic E-state index is 10.5. The summed E-state index contributed by atoms with van der Waals surface area (Å²) in [5, 5.41) is 8.65. The number of rotatable bonds is 1. The first-order valence-electron chi connectivity index (χ1n) is 7.04. The second-order valence-corrected chi connectivity index (χ2v) is 7.91. The molecule has 0 radical (unpaired) electrons. The number of carbonyl (C=O) groups is 1. The van der Waals surface area contributed by atoms with Crippen LogP contribution in [0.1, 0.15) is 58.8 Å². The summed E-state index contributed by atoms with van der Waals surface area (Å²) in [6, 6.07) is 0. The summed E-state index contributed by atoms with van der Waals surface area (Å²) in [4.78, 5) is 10.5. The Morgan fingerprint density at radius 2 is 1.78 bits per heavy atom. The summed E-state index contributed by atoms with van der Waals surface area (Å²) in [6.45, 7) is 4.88. The van der Waals surface area contributed by atoms with E-state index >= 15 is 0 Å². The molecule has 2 nitrogen and oxygen atoms in total. The van der Waals surface area contributed by atoms with Gasteiger partial charge in [0.1, 0.15) is 0 Å². The summed E-state index contributed by atoms with van der Waals surface area (Å²) < 4.78 is 0. The van der Waals surface area contributed by atoms with Crippen LogP contribution < -0.4 is 0 Å². The van der Waals surface area contributed by atoms with E-state index in [1.54, 1.807) is 0 Å². The van der Waals surface area contributed by atoms with Crippen molar-refractivity contribution in [1.29, 1.82) is 0 Å². The summed E-state index contributed by atoms with van der Waals surface area (Å²) in [6.07, 6.45) is 8.74. The summed E-state index contributed by atoms with van der Waals surface area (Å²) in [7, 11) is 0. The number of hydrogen-bond acceptors (Lipinski definition) is 1. The molecule has 0 aromatic carbocycles. The van der Waals surface area contributed by atoms with Crippen LogP contribution in [0.5, 0.6) is 0 Å². The molecule has 0 saturated heterocycles. The van der Waals surface area contributed by atoms with Gasteiger partial charge in [-0.2, -0.15) is 0 Å². The fourth-order valence-electron chi connectivity index (χ4n) is 6.19. The predicted molar refractivity (Wildman–Crippen MR) is 69.9 cm³/mol. The molecule has 0 aromatic rings. The van der Waals surface area contributed by atoms with E-state index in [0.29, 0.717) is 16.2 Å². The van der Waals surface area contributed by atoms with Crippen molar-refractivity contribution in [2.75, 3.05) is 0 Å². The molecule has 1 N–H and O–H groups in total. The Hall–Kier alpha value is -0.970. The lowest BCUT2D eigenvalue weighted by molar-refractivity contribution is -0.142. The third kappa shape index (κ3) is 1.94. The van der Waals surface area contributed by atoms with E-state index in [1.165, 1.54) is 38.5 Å². The molecule has 98 valence electrons. The van der Waals surface area contributed by atoms with E-state index in [1.807, 2.05) is 0 Å². The Morgan fingerprint density at radius 3 is 2.28 bits per heavy atom. The smallest absolute Gasteiger partial charge is 0.381 e. The molecule has 0 aliphatic heterocycles. The van der Waals surface area contributed by atoms with Crippen LogP contribution >= 0.6 is 0 Å². The standard InChI is InChI=1S/C16H22O2/c1-14-6-12-7-15(2,9-14)11-16(8-12,10-14)5-3-4-13(17)18/h12H,5-11H2,1-2H3,(H,17,18). The number of aliphatic carboxylic acids is 1. The van der Waals surface area contributed by atoms with Crippen LogP contribution in [0.4, 0.5) is 0 Å². The maximum absolute atomic E-state index is 10.5. The first kappa shape index (κ1) is 12.1. The molecule has 18 heavy (non-hydrogen) atoms. The molecule has 0 amide bonds. The number of hydrogen-bond donors (Lipinski definition) is 1. The van der Waals surface area contributed by atoms with Gasteiger partial charge < -0.3 is 5.11 Å². The van der Waals surface area contributed by atoms with Gasteiger partial charge in [0.05, 0.1) is 0 Å². The van der Waals surface area contributed by atoms with Crippen molar-refractivity contribution < 1.29 is 9.90 Å². The van der Waals surface area contributed by atoms with Gasteiger partial charge in [-0.15, -0.1) is 0 Å². The van der Waals surface area contributed by atoms with Crippen LogP contribution in [0.25, 0.3) is 0 Å². The van der Waals surface area contributed by atoms with Crippen molar-refractivity contribution in [2.45, 2.75) is 58.8 Å².